The number of likely N-dealkylation sites (tertiary alicyclic amines) is 2. The lowest BCUT2D eigenvalue weighted by Gasteiger charge is -2.35. The van der Waals surface area contributed by atoms with Gasteiger partial charge in [-0.3, -0.25) is 52.3 Å². The Morgan fingerprint density at radius 2 is 1.14 bits per heavy atom. The van der Waals surface area contributed by atoms with Crippen LogP contribution in [0.3, 0.4) is 0 Å². The Morgan fingerprint density at radius 3 is 1.59 bits per heavy atom. The van der Waals surface area contributed by atoms with E-state index in [0.717, 1.165) is 55.4 Å². The number of nitrogens with zero attached hydrogens (tertiary/aromatic N) is 3. The van der Waals surface area contributed by atoms with E-state index < -0.39 is 118 Å². The molecule has 6 fully saturated rings. The number of Topliss-reactive ketones (excluding diaryl/α,β-unsaturated/α-hetero) is 2. The maximum absolute atomic E-state index is 14.7. The number of nitrogens with two attached hydrogens (primary N) is 1. The van der Waals surface area contributed by atoms with Crippen LogP contribution in [0.1, 0.15) is 246 Å². The van der Waals surface area contributed by atoms with Crippen LogP contribution in [0.2, 0.25) is 10.0 Å². The van der Waals surface area contributed by atoms with Crippen molar-refractivity contribution in [1.82, 2.24) is 24.5 Å². The smallest absolute Gasteiger partial charge is 0.362 e. The van der Waals surface area contributed by atoms with E-state index >= 15 is 0 Å². The van der Waals surface area contributed by atoms with E-state index in [9.17, 15) is 60.0 Å². The Labute approximate surface area is 666 Å². The molecule has 2 aromatic carbocycles. The van der Waals surface area contributed by atoms with E-state index in [2.05, 4.69) is 26.0 Å². The number of aryl methyl sites for hydroxylation is 2. The molecule has 111 heavy (non-hydrogen) atoms. The number of methoxy groups -OCH3 is 1. The number of aromatic nitrogens is 2. The highest BCUT2D eigenvalue weighted by atomic mass is 35.5. The van der Waals surface area contributed by atoms with Gasteiger partial charge in [0.2, 0.25) is 17.7 Å². The molecular formula is C82H120Cl2N6O19S2. The topological polar surface area (TPSA) is 350 Å². The molecule has 4 N–H and O–H groups in total. The zero-order chi connectivity index (χ0) is 83.3. The molecule has 3 amide bonds. The summed E-state index contributed by atoms with van der Waals surface area (Å²) in [7, 11) is -6.77. The number of para-hydroxylation sites is 2. The summed E-state index contributed by atoms with van der Waals surface area (Å²) in [6.07, 6.45) is 8.09. The lowest BCUT2D eigenvalue weighted by Crippen LogP contribution is -2.49. The van der Waals surface area contributed by atoms with Gasteiger partial charge in [-0.25, -0.2) is 14.0 Å². The maximum atomic E-state index is 14.7. The Bertz CT molecular complexity index is 4400. The van der Waals surface area contributed by atoms with Gasteiger partial charge in [0.15, 0.2) is 17.0 Å². The number of amides is 3. The van der Waals surface area contributed by atoms with Crippen LogP contribution >= 0.6 is 23.2 Å². The molecule has 4 aliphatic carbocycles. The molecule has 2 aromatic heterocycles. The molecule has 0 spiro atoms. The Balaban J connectivity index is 0.000000250. The van der Waals surface area contributed by atoms with Gasteiger partial charge in [0.05, 0.1) is 93.5 Å². The molecule has 25 nitrogen and oxygen atoms in total. The number of H-pyrrole nitrogens is 1. The first-order valence-corrected chi connectivity index (χ1v) is 42.6. The normalized spacial score (nSPS) is 23.6. The number of hydrogen-bond donors (Lipinski definition) is 3. The van der Waals surface area contributed by atoms with Crippen molar-refractivity contribution in [3.8, 4) is 5.75 Å². The fraction of sp³-hybridized carbons (Fsp3) is 0.683. The standard InChI is InChI=1S/C40H56ClN3O9S.C26H43NO6.C12H12ClNO.C4H9NO3S/c1-10-13-25-18-32(27-14-12-15-29(41)34(27)42-25)51-26-19-30(44(23-26)35(47)28(37(3,4)5)20-33(46)52-38(6,7)8)31(45)22-40(21-24(40)11-2)36(48)43-54(49,50)53-39(9)16-17-39;1-10-17-13-26(17,23(31)32-9)14-20(28)19-11-16(2)15-27(19)22(30)18(24(3,4)5)12-21(29)33-25(6,7)8;1-2-4-8-7-11(15)9-5-3-6-10(13)12(9)14-8;1-4(2-3-4)8-9(5,6)7/h12,14-15,18,24,26,28,30H,10-11,13,16-17,19-23H2,1-9H3,(H,43,48);16-19H,10-15H2,1-9H3;3,5-7H,2,4H2,1H3,(H,14,15);2-3H2,1H3,(H2,5,6,7)/t24-,26-,28-,30+,40-;16-,17+,18+,19-,26+;;/m10../s1. The SMILES string of the molecule is CC1(OS(N)(=O)=O)CC1.CCCc1cc(=O)c2cccc(Cl)c2[nH]1.CCCc1cc(O[C@@H]2C[C@@H](C(=O)C[C@]3(C(=O)NS(=O)(=O)OC4(C)CC4)C[C@H]3CC)N(C(=O)[C@@H](CC(=O)OC(C)(C)C)C(C)(C)C)C2)c2cccc(Cl)c2n1.CC[C@@H]1C[C@]1(CC(=O)[C@@H]1C[C@H](C)CN1C(=O)[C@@H](CC(=O)OC(C)(C)C)C(C)(C)C)C(=O)OC. The van der Waals surface area contributed by atoms with Crippen molar-refractivity contribution in [3.63, 3.8) is 0 Å². The van der Waals surface area contributed by atoms with E-state index in [0.29, 0.717) is 83.6 Å². The minimum absolute atomic E-state index is 0.0323. The number of rotatable bonds is 27. The molecule has 618 valence electrons. The summed E-state index contributed by atoms with van der Waals surface area (Å²) < 4.78 is 80.7. The maximum Gasteiger partial charge on any atom is 0.362 e. The number of fused-ring (bicyclic) bond motifs is 2. The molecule has 10 atom stereocenters. The van der Waals surface area contributed by atoms with Crippen LogP contribution < -0.4 is 20.0 Å². The van der Waals surface area contributed by atoms with Crippen molar-refractivity contribution >= 4 is 113 Å². The predicted molar refractivity (Wildman–Crippen MR) is 425 cm³/mol. The highest BCUT2D eigenvalue weighted by Crippen LogP contribution is 2.59. The summed E-state index contributed by atoms with van der Waals surface area (Å²) in [5.74, 6) is -3.96. The molecule has 2 aliphatic heterocycles. The first-order chi connectivity index (χ1) is 51.2. The Kier molecular flexibility index (Phi) is 29.4. The fourth-order valence-electron chi connectivity index (χ4n) is 14.9. The number of esters is 3. The molecular weight excluding hydrogens is 1510 g/mol. The molecule has 2 saturated heterocycles. The van der Waals surface area contributed by atoms with Gasteiger partial charge in [0, 0.05) is 60.1 Å². The van der Waals surface area contributed by atoms with Gasteiger partial charge in [-0.1, -0.05) is 137 Å². The largest absolute Gasteiger partial charge is 0.488 e. The number of ether oxygens (including phenoxy) is 4. The fourth-order valence-corrected chi connectivity index (χ4v) is 17.3. The van der Waals surface area contributed by atoms with E-state index in [1.807, 2.05) is 81.4 Å². The van der Waals surface area contributed by atoms with Gasteiger partial charge in [0.25, 0.3) is 0 Å². The van der Waals surface area contributed by atoms with E-state index in [4.69, 9.17) is 51.3 Å². The molecule has 0 bridgehead atoms. The summed E-state index contributed by atoms with van der Waals surface area (Å²) in [6.45, 7) is 36.0. The van der Waals surface area contributed by atoms with Crippen LogP contribution in [0.25, 0.3) is 21.8 Å². The van der Waals surface area contributed by atoms with Crippen molar-refractivity contribution in [2.75, 3.05) is 20.2 Å². The van der Waals surface area contributed by atoms with E-state index in [1.165, 1.54) is 12.0 Å². The van der Waals surface area contributed by atoms with Gasteiger partial charge in [-0.2, -0.15) is 16.8 Å². The van der Waals surface area contributed by atoms with Crippen molar-refractivity contribution in [3.05, 3.63) is 80.2 Å². The Hall–Kier alpha value is -6.62. The van der Waals surface area contributed by atoms with Gasteiger partial charge >= 0.3 is 38.5 Å². The van der Waals surface area contributed by atoms with Crippen LogP contribution in [0, 0.1) is 51.2 Å². The number of nitrogens with one attached hydrogen (secondary N) is 2. The second kappa shape index (κ2) is 35.6. The second-order valence-corrected chi connectivity index (χ2v) is 39.2. The Morgan fingerprint density at radius 1 is 0.658 bits per heavy atom. The van der Waals surface area contributed by atoms with Gasteiger partial charge < -0.3 is 33.7 Å². The zero-order valence-corrected chi connectivity index (χ0v) is 71.8. The third-order valence-corrected chi connectivity index (χ3v) is 23.9. The van der Waals surface area contributed by atoms with Gasteiger partial charge in [-0.05, 0) is 166 Å². The summed E-state index contributed by atoms with van der Waals surface area (Å²) >= 11 is 12.6. The number of pyridine rings is 2. The third-order valence-electron chi connectivity index (χ3n) is 21.6. The predicted octanol–water partition coefficient (Wildman–Crippen LogP) is 13.9. The van der Waals surface area contributed by atoms with Crippen LogP contribution in [0.5, 0.6) is 5.75 Å². The quantitative estimate of drug-likeness (QED) is 0.0369. The minimum atomic E-state index is -4.41. The lowest BCUT2D eigenvalue weighted by molar-refractivity contribution is -0.161. The van der Waals surface area contributed by atoms with Crippen molar-refractivity contribution < 1.29 is 82.5 Å². The second-order valence-electron chi connectivity index (χ2n) is 36.0. The van der Waals surface area contributed by atoms with Crippen molar-refractivity contribution in [2.45, 2.75) is 288 Å². The highest BCUT2D eigenvalue weighted by molar-refractivity contribution is 7.85. The molecule has 0 radical (unpaired) electrons. The molecule has 0 unspecified atom stereocenters. The summed E-state index contributed by atoms with van der Waals surface area (Å²) in [6, 6.07) is 12.7. The van der Waals surface area contributed by atoms with Crippen molar-refractivity contribution in [1.29, 1.82) is 0 Å². The minimum Gasteiger partial charge on any atom is -0.488 e. The average Bonchev–Trinajstić information content (AvgIpc) is 1.56. The highest BCUT2D eigenvalue weighted by Gasteiger charge is 2.63. The third kappa shape index (κ3) is 24.9. The summed E-state index contributed by atoms with van der Waals surface area (Å²) in [5, 5.41) is 7.03. The van der Waals surface area contributed by atoms with E-state index in [-0.39, 0.29) is 85.3 Å². The van der Waals surface area contributed by atoms with Crippen LogP contribution in [0.15, 0.2) is 53.3 Å². The number of carbonyl (C=O) groups is 8. The van der Waals surface area contributed by atoms with Crippen molar-refractivity contribution in [2.24, 2.45) is 56.4 Å². The van der Waals surface area contributed by atoms with Gasteiger partial charge in [0.1, 0.15) is 23.1 Å². The van der Waals surface area contributed by atoms with Crippen LogP contribution in [-0.2, 0) is 94.4 Å². The average molecular weight is 1630 g/mol. The van der Waals surface area contributed by atoms with Crippen LogP contribution in [0.4, 0.5) is 0 Å². The molecule has 6 aliphatic rings. The number of carbonyl (C=O) groups excluding carboxylic acids is 8. The molecule has 4 heterocycles. The first kappa shape index (κ1) is 91.6. The number of benzene rings is 2. The lowest BCUT2D eigenvalue weighted by atomic mass is 9.77. The van der Waals surface area contributed by atoms with E-state index in [1.54, 1.807) is 96.7 Å². The van der Waals surface area contributed by atoms with Crippen LogP contribution in [-0.4, -0.2) is 145 Å². The number of halogens is 2. The van der Waals surface area contributed by atoms with Gasteiger partial charge in [-0.15, -0.1) is 0 Å². The molecule has 29 heteroatoms. The number of ketones is 2. The summed E-state index contributed by atoms with van der Waals surface area (Å²) in [5.41, 5.74) is -2.79. The summed E-state index contributed by atoms with van der Waals surface area (Å²) in [4.78, 5) is 131. The number of hydrogen-bond acceptors (Lipinski definition) is 20. The molecule has 4 aromatic rings. The number of aromatic amines is 1. The monoisotopic (exact) mass is 1630 g/mol. The first-order valence-electron chi connectivity index (χ1n) is 38.9. The molecule has 4 saturated carbocycles. The molecule has 10 rings (SSSR count). The zero-order valence-electron chi connectivity index (χ0n) is 68.6.